The van der Waals surface area contributed by atoms with E-state index in [1.54, 1.807) is 0 Å². The molecule has 6 aromatic rings. The zero-order valence-corrected chi connectivity index (χ0v) is 44.2. The fraction of sp³-hybridized carbons (Fsp3) is 0.229. The highest BCUT2D eigenvalue weighted by Crippen LogP contribution is 2.57. The highest BCUT2D eigenvalue weighted by molar-refractivity contribution is 5.97. The van der Waals surface area contributed by atoms with Crippen LogP contribution in [0.25, 0.3) is 33.9 Å². The predicted molar refractivity (Wildman–Crippen MR) is 312 cm³/mol. The van der Waals surface area contributed by atoms with Gasteiger partial charge in [-0.25, -0.2) is 0 Å². The fourth-order valence-electron chi connectivity index (χ4n) is 12.6. The summed E-state index contributed by atoms with van der Waals surface area (Å²) >= 11 is 0. The maximum absolute atomic E-state index is 4.08. The first-order valence-corrected chi connectivity index (χ1v) is 26.0. The van der Waals surface area contributed by atoms with Gasteiger partial charge in [-0.05, 0) is 147 Å². The summed E-state index contributed by atoms with van der Waals surface area (Å²) in [4.78, 5) is 4.97. The molecule has 0 radical (unpaired) electrons. The maximum Gasteiger partial charge on any atom is 0.0543 e. The molecule has 4 aliphatic carbocycles. The quantitative estimate of drug-likeness (QED) is 0.119. The van der Waals surface area contributed by atoms with Gasteiger partial charge in [0.2, 0.25) is 0 Å². The SMILES string of the molecule is C=C/C=C\C=C(/C)N(c1ccc2c(c1)C(C)(C)c1ccccc1-2)c1cccc2c1/C=C/C1=C(/C=C/CC2(C)C)c2c(N(C(/C=C\C=C)=C/C)c3ccc4c(c3)C(C)(C)c3ccccc3-4)cccc2C1(C)CC. The lowest BCUT2D eigenvalue weighted by atomic mass is 9.75. The third-order valence-electron chi connectivity index (χ3n) is 16.7. The maximum atomic E-state index is 4.08. The summed E-state index contributed by atoms with van der Waals surface area (Å²) in [5.41, 5.74) is 24.7. The van der Waals surface area contributed by atoms with E-state index in [1.807, 2.05) is 18.2 Å². The molecule has 0 fully saturated rings. The van der Waals surface area contributed by atoms with Crippen molar-refractivity contribution >= 4 is 34.4 Å². The Bertz CT molecular complexity index is 3420. The second kappa shape index (κ2) is 18.3. The molecule has 0 aromatic heterocycles. The Morgan fingerprint density at radius 3 is 1.72 bits per heavy atom. The van der Waals surface area contributed by atoms with Gasteiger partial charge in [0.15, 0.2) is 0 Å². The molecule has 0 bridgehead atoms. The van der Waals surface area contributed by atoms with Crippen molar-refractivity contribution in [2.45, 2.75) is 104 Å². The van der Waals surface area contributed by atoms with E-state index in [1.165, 1.54) is 83.6 Å². The largest absolute Gasteiger partial charge is 0.314 e. The molecule has 2 nitrogen and oxygen atoms in total. The van der Waals surface area contributed by atoms with Crippen LogP contribution in [0.1, 0.15) is 127 Å². The van der Waals surface area contributed by atoms with Gasteiger partial charge in [-0.3, -0.25) is 0 Å². The molecular formula is C70H70N2. The van der Waals surface area contributed by atoms with Gasteiger partial charge in [-0.2, -0.15) is 0 Å². The molecule has 4 aliphatic rings. The number of fused-ring (bicyclic) bond motifs is 9. The smallest absolute Gasteiger partial charge is 0.0543 e. The summed E-state index contributed by atoms with van der Waals surface area (Å²) in [5.74, 6) is 0. The highest BCUT2D eigenvalue weighted by Gasteiger charge is 2.42. The second-order valence-corrected chi connectivity index (χ2v) is 22.0. The third kappa shape index (κ3) is 7.61. The third-order valence-corrected chi connectivity index (χ3v) is 16.7. The minimum Gasteiger partial charge on any atom is -0.314 e. The van der Waals surface area contributed by atoms with Gasteiger partial charge in [0, 0.05) is 50.1 Å². The van der Waals surface area contributed by atoms with Crippen LogP contribution in [-0.2, 0) is 21.7 Å². The fourth-order valence-corrected chi connectivity index (χ4v) is 12.6. The Labute approximate surface area is 430 Å². The van der Waals surface area contributed by atoms with Crippen LogP contribution >= 0.6 is 0 Å². The number of benzene rings is 6. The molecule has 10 rings (SSSR count). The van der Waals surface area contributed by atoms with Crippen LogP contribution in [0.15, 0.2) is 218 Å². The first-order valence-electron chi connectivity index (χ1n) is 26.0. The normalized spacial score (nSPS) is 19.7. The summed E-state index contributed by atoms with van der Waals surface area (Å²) in [6, 6.07) is 46.0. The second-order valence-electron chi connectivity index (χ2n) is 22.0. The van der Waals surface area contributed by atoms with Gasteiger partial charge in [0.25, 0.3) is 0 Å². The van der Waals surface area contributed by atoms with Crippen molar-refractivity contribution in [3.8, 4) is 22.3 Å². The summed E-state index contributed by atoms with van der Waals surface area (Å²) in [5, 5.41) is 0. The number of hydrogen-bond acceptors (Lipinski definition) is 2. The first kappa shape index (κ1) is 48.2. The van der Waals surface area contributed by atoms with Gasteiger partial charge in [-0.15, -0.1) is 0 Å². The van der Waals surface area contributed by atoms with Gasteiger partial charge in [0.1, 0.15) is 0 Å². The number of rotatable bonds is 11. The number of nitrogens with zero attached hydrogens (tertiary/aromatic N) is 2. The lowest BCUT2D eigenvalue weighted by Crippen LogP contribution is -2.23. The minimum atomic E-state index is -0.267. The first-order chi connectivity index (χ1) is 34.6. The van der Waals surface area contributed by atoms with Crippen molar-refractivity contribution in [1.29, 1.82) is 0 Å². The molecule has 0 amide bonds. The van der Waals surface area contributed by atoms with Gasteiger partial charge >= 0.3 is 0 Å². The molecule has 1 unspecified atom stereocenters. The average Bonchev–Trinajstić information content (AvgIpc) is 3.87. The Morgan fingerprint density at radius 2 is 1.12 bits per heavy atom. The van der Waals surface area contributed by atoms with Gasteiger partial charge < -0.3 is 9.80 Å². The van der Waals surface area contributed by atoms with Crippen LogP contribution in [-0.4, -0.2) is 0 Å². The lowest BCUT2D eigenvalue weighted by molar-refractivity contribution is 0.533. The van der Waals surface area contributed by atoms with Crippen LogP contribution in [0.4, 0.5) is 22.7 Å². The van der Waals surface area contributed by atoms with E-state index in [-0.39, 0.29) is 21.7 Å². The van der Waals surface area contributed by atoms with E-state index in [9.17, 15) is 0 Å². The van der Waals surface area contributed by atoms with Crippen LogP contribution in [0, 0.1) is 0 Å². The van der Waals surface area contributed by atoms with Gasteiger partial charge in [0.05, 0.1) is 11.4 Å². The van der Waals surface area contributed by atoms with Crippen molar-refractivity contribution in [3.05, 3.63) is 263 Å². The Balaban J connectivity index is 1.18. The molecule has 0 saturated heterocycles. The number of allylic oxidation sites excluding steroid dienone is 14. The van der Waals surface area contributed by atoms with E-state index in [2.05, 4.69) is 268 Å². The predicted octanol–water partition coefficient (Wildman–Crippen LogP) is 19.3. The molecule has 72 heavy (non-hydrogen) atoms. The standard InChI is InChI=1S/C70H70N2/c1-13-17-19-27-47(5)71(49-38-40-53-51-29-20-22-32-58(51)68(8,9)62(53)45-49)64-36-24-34-57-55(64)42-43-60-56(31-26-44-67(57,6)7)66-61(70(60,12)16-4)35-25-37-65(66)72(48(15-3)28-18-14-2)50-39-41-54-52-30-21-23-33-59(52)69(10,11)63(54)46-50/h13-15,17-43,45-46H,1-2,16,44H2,3-12H3/b19-17-,28-18-,31-26+,43-42+,47-27+,48-15+. The molecule has 6 aromatic carbocycles. The summed E-state index contributed by atoms with van der Waals surface area (Å²) < 4.78 is 0. The lowest BCUT2D eigenvalue weighted by Gasteiger charge is -2.33. The number of hydrogen-bond donors (Lipinski definition) is 0. The van der Waals surface area contributed by atoms with Crippen LogP contribution in [0.5, 0.6) is 0 Å². The Hall–Kier alpha value is -7.42. The van der Waals surface area contributed by atoms with Crippen molar-refractivity contribution in [2.24, 2.45) is 0 Å². The zero-order chi connectivity index (χ0) is 50.7. The summed E-state index contributed by atoms with van der Waals surface area (Å²) in [6.45, 7) is 31.6. The molecule has 0 spiro atoms. The zero-order valence-electron chi connectivity index (χ0n) is 44.2. The topological polar surface area (TPSA) is 6.48 Å². The highest BCUT2D eigenvalue weighted by atomic mass is 15.2. The van der Waals surface area contributed by atoms with Crippen molar-refractivity contribution in [2.75, 3.05) is 9.80 Å². The van der Waals surface area contributed by atoms with Crippen LogP contribution in [0.3, 0.4) is 0 Å². The van der Waals surface area contributed by atoms with E-state index >= 15 is 0 Å². The average molecular weight is 939 g/mol. The molecule has 0 saturated carbocycles. The van der Waals surface area contributed by atoms with Crippen LogP contribution in [0.2, 0.25) is 0 Å². The molecule has 0 aliphatic heterocycles. The van der Waals surface area contributed by atoms with Gasteiger partial charge in [-0.1, -0.05) is 214 Å². The minimum absolute atomic E-state index is 0.137. The van der Waals surface area contributed by atoms with E-state index in [0.717, 1.165) is 41.3 Å². The van der Waals surface area contributed by atoms with Crippen molar-refractivity contribution in [3.63, 3.8) is 0 Å². The van der Waals surface area contributed by atoms with E-state index < -0.39 is 0 Å². The number of anilines is 4. The van der Waals surface area contributed by atoms with Crippen molar-refractivity contribution < 1.29 is 0 Å². The molecule has 0 N–H and O–H groups in total. The molecular weight excluding hydrogens is 869 g/mol. The van der Waals surface area contributed by atoms with E-state index in [4.69, 9.17) is 0 Å². The van der Waals surface area contributed by atoms with E-state index in [0.29, 0.717) is 0 Å². The molecule has 2 heteroatoms. The molecule has 1 atom stereocenters. The summed E-state index contributed by atoms with van der Waals surface area (Å²) in [6.07, 6.45) is 28.2. The van der Waals surface area contributed by atoms with Crippen LogP contribution < -0.4 is 9.80 Å². The molecule has 0 heterocycles. The molecule has 360 valence electrons. The summed E-state index contributed by atoms with van der Waals surface area (Å²) in [7, 11) is 0. The monoisotopic (exact) mass is 939 g/mol. The van der Waals surface area contributed by atoms with Crippen molar-refractivity contribution in [1.82, 2.24) is 0 Å². The Kier molecular flexibility index (Phi) is 12.3. The Morgan fingerprint density at radius 1 is 0.569 bits per heavy atom.